The number of rotatable bonds is 29. The topological polar surface area (TPSA) is 280 Å². The molecule has 5 saturated heterocycles. The molecule has 16 atom stereocenters. The van der Waals surface area contributed by atoms with Crippen LogP contribution >= 0.6 is 0 Å². The fourth-order valence-corrected chi connectivity index (χ4v) is 20.6. The smallest absolute Gasteiger partial charge is 0.310 e. The molecule has 126 heavy (non-hydrogen) atoms. The average Bonchev–Trinajstić information content (AvgIpc) is 1.61. The normalized spacial score (nSPS) is 23.7. The lowest BCUT2D eigenvalue weighted by atomic mass is 9.86. The second kappa shape index (κ2) is 51.2. The number of halogens is 1. The van der Waals surface area contributed by atoms with Gasteiger partial charge in [0, 0.05) is 78.1 Å². The lowest BCUT2D eigenvalue weighted by Crippen LogP contribution is -2.52. The van der Waals surface area contributed by atoms with Crippen LogP contribution in [0.1, 0.15) is 301 Å². The van der Waals surface area contributed by atoms with Gasteiger partial charge in [-0.1, -0.05) is 183 Å². The quantitative estimate of drug-likeness (QED) is 0.0409. The first kappa shape index (κ1) is 111. The predicted molar refractivity (Wildman–Crippen MR) is 492 cm³/mol. The van der Waals surface area contributed by atoms with Crippen LogP contribution in [0.5, 0.6) is 0 Å². The molecule has 0 aromatic heterocycles. The number of hydrogen-bond acceptors (Lipinski definition) is 18. The Morgan fingerprint density at radius 1 is 0.413 bits per heavy atom. The van der Waals surface area contributed by atoms with E-state index in [1.807, 2.05) is 130 Å². The molecular weight excluding hydrogens is 1600 g/mol. The van der Waals surface area contributed by atoms with Crippen LogP contribution < -0.4 is 4.90 Å². The third-order valence-electron chi connectivity index (χ3n) is 28.3. The van der Waals surface area contributed by atoms with Crippen molar-refractivity contribution in [3.8, 4) is 0 Å². The van der Waals surface area contributed by atoms with Crippen LogP contribution in [0.4, 0.5) is 10.1 Å². The highest BCUT2D eigenvalue weighted by Crippen LogP contribution is 2.48. The van der Waals surface area contributed by atoms with Gasteiger partial charge >= 0.3 is 35.8 Å². The minimum absolute atomic E-state index is 0.00148. The number of likely N-dealkylation sites (tertiary alicyclic amines) is 5. The number of hydrogen-bond donors (Lipinski definition) is 0. The lowest BCUT2D eigenvalue weighted by Gasteiger charge is -2.40. The summed E-state index contributed by atoms with van der Waals surface area (Å²) in [5.74, 6) is 1.10. The van der Waals surface area contributed by atoms with E-state index in [9.17, 15) is 61.9 Å². The first-order valence-corrected chi connectivity index (χ1v) is 47.6. The van der Waals surface area contributed by atoms with E-state index in [1.165, 1.54) is 67.5 Å². The van der Waals surface area contributed by atoms with Gasteiger partial charge in [0.1, 0.15) is 6.17 Å². The van der Waals surface area contributed by atoms with Gasteiger partial charge in [0.05, 0.1) is 117 Å². The van der Waals surface area contributed by atoms with E-state index in [-0.39, 0.29) is 193 Å². The molecule has 24 nitrogen and oxygen atoms in total. The van der Waals surface area contributed by atoms with Crippen molar-refractivity contribution in [3.05, 3.63) is 41.0 Å². The largest absolute Gasteiger partial charge is 0.469 e. The second-order valence-electron chi connectivity index (χ2n) is 41.5. The first-order valence-electron chi connectivity index (χ1n) is 47.6. The molecule has 2 aliphatic carbocycles. The number of ether oxygens (including phenoxy) is 6. The standard InChI is InChI=1S/C19H27NO3.C18H31NO3.C17H29NO3.C17H31NO3.C15H26FNO3.C15H25NO3/c1-12(2)15(11-18(21)23-5)19(22)20-16-9-7-6-8-14(16)10-17(20)13(3)4;1-11(2)14(10-17(20)22-5)18(21)19-15-8-6-7-13(15)9-16(19)12(3)4;1-10(2)14(9-15(19)21-5)17(20)18-13-7-6-12(8-13)16(18)11(3)4;1-11(2)13(10-15(19)21-7)16(20)18-14(12(3)4)8-9-17(18,5)6;1-9(2)12(7-14(18)20-5)15(19)17-8-11(16)6-13(17)10(3)4;1-10(2)12(9-14(17)19-5)15(18)16-8-6-7-13(16)11(3)4/h6-9,12-13,15,17H,10-11H2,1-5H3;11-16H,6-10H2,1-5H3;10-14,16H,6-9H2,1-5H3;11-14H,8-10H2,1-7H3;9-13H,6-8H2,1-5H3;11,13H,6-9H2,1-5H3/t15-,17-;13-,14-,15?,16-;12?,13?,14-,16+;13-,14-;11-,12+,13+;13-/m000010/s1. The average molecular weight is 1770 g/mol. The Kier molecular flexibility index (Phi) is 45.1. The molecule has 6 heterocycles. The van der Waals surface area contributed by atoms with E-state index in [2.05, 4.69) is 108 Å². The predicted octanol–water partition coefficient (Wildman–Crippen LogP) is 17.7. The number of piperidine rings is 1. The number of para-hydroxylation sites is 1. The number of anilines is 1. The van der Waals surface area contributed by atoms with Crippen molar-refractivity contribution in [2.45, 2.75) is 362 Å². The summed E-state index contributed by atoms with van der Waals surface area (Å²) in [4.78, 5) is 159. The van der Waals surface area contributed by atoms with E-state index in [1.54, 1.807) is 4.90 Å². The minimum atomic E-state index is -0.961. The third-order valence-corrected chi connectivity index (χ3v) is 28.3. The molecule has 0 spiro atoms. The highest BCUT2D eigenvalue weighted by molar-refractivity contribution is 6.00. The number of esters is 6. The molecule has 2 saturated carbocycles. The van der Waals surface area contributed by atoms with E-state index in [0.29, 0.717) is 83.6 Å². The van der Waals surface area contributed by atoms with E-state index in [0.717, 1.165) is 75.6 Å². The Balaban J connectivity index is 0.000000317. The molecule has 7 fully saturated rings. The van der Waals surface area contributed by atoms with Crippen LogP contribution in [0.25, 0.3) is 0 Å². The zero-order chi connectivity index (χ0) is 95.7. The first-order chi connectivity index (χ1) is 58.9. The van der Waals surface area contributed by atoms with E-state index >= 15 is 0 Å². The Bertz CT molecular complexity index is 3750. The summed E-state index contributed by atoms with van der Waals surface area (Å²) >= 11 is 0. The van der Waals surface area contributed by atoms with Crippen molar-refractivity contribution in [2.75, 3.05) is 60.6 Å². The fourth-order valence-electron chi connectivity index (χ4n) is 20.6. The number of carbonyl (C=O) groups excluding carboxylic acids is 12. The maximum Gasteiger partial charge on any atom is 0.310 e. The summed E-state index contributed by atoms with van der Waals surface area (Å²) in [5.41, 5.74) is 3.55. The van der Waals surface area contributed by atoms with Crippen LogP contribution in [0.15, 0.2) is 35.4 Å². The van der Waals surface area contributed by atoms with Crippen molar-refractivity contribution in [1.82, 2.24) is 24.5 Å². The Morgan fingerprint density at radius 3 is 1.27 bits per heavy atom. The number of amides is 6. The molecular formula is C101H169FN6O18. The van der Waals surface area contributed by atoms with Gasteiger partial charge in [0.25, 0.3) is 5.91 Å². The van der Waals surface area contributed by atoms with Crippen molar-refractivity contribution >= 4 is 76.9 Å². The summed E-state index contributed by atoms with van der Waals surface area (Å²) in [6.07, 6.45) is 13.6. The number of allylic oxidation sites excluding steroid dienone is 1. The van der Waals surface area contributed by atoms with Gasteiger partial charge in [-0.25, -0.2) is 4.39 Å². The SMILES string of the molecule is COC(=O)CC(C(=O)N1CCC[C@H]1C(C)C)=C(C)C.COC(=O)C[C@H](C(=O)N1C2CCC(C2)[C@H]1C(C)C)C(C)C.COC(=O)C[C@H](C(=O)N1C2CCC[C@H]2C[C@H]1C(C)C)C(C)C.COC(=O)C[C@H](C(=O)N1C[C@H](F)C[C@H]1C(C)C)C(C)C.COC(=O)C[C@H](C(=O)N1[C@H](C(C)C)CCC1(C)C)C(C)C.COC(=O)C[C@H](C(=O)N1c2ccccc2C[C@H]1C(C)C)C(C)C. The zero-order valence-electron chi connectivity index (χ0n) is 83.7. The number of benzene rings is 1. The van der Waals surface area contributed by atoms with Crippen LogP contribution in [0.2, 0.25) is 0 Å². The van der Waals surface area contributed by atoms with Gasteiger partial charge in [-0.2, -0.15) is 0 Å². The number of nitrogens with zero attached hydrogens (tertiary/aromatic N) is 6. The van der Waals surface area contributed by atoms with Crippen LogP contribution in [0.3, 0.4) is 0 Å². The highest BCUT2D eigenvalue weighted by Gasteiger charge is 2.53. The molecule has 1 aromatic carbocycles. The van der Waals surface area contributed by atoms with Gasteiger partial charge in [-0.15, -0.1) is 0 Å². The molecule has 6 aliphatic heterocycles. The van der Waals surface area contributed by atoms with Crippen molar-refractivity contribution in [3.63, 3.8) is 0 Å². The van der Waals surface area contributed by atoms with Gasteiger partial charge in [-0.05, 0) is 187 Å². The molecule has 0 radical (unpaired) electrons. The number of alkyl halides is 1. The van der Waals surface area contributed by atoms with Gasteiger partial charge in [-0.3, -0.25) is 57.5 Å². The molecule has 1 aromatic rings. The lowest BCUT2D eigenvalue weighted by molar-refractivity contribution is -0.151. The monoisotopic (exact) mass is 1770 g/mol. The van der Waals surface area contributed by atoms with E-state index in [4.69, 9.17) is 18.9 Å². The highest BCUT2D eigenvalue weighted by atomic mass is 19.1. The van der Waals surface area contributed by atoms with Crippen LogP contribution in [-0.2, 0) is 92.4 Å². The summed E-state index contributed by atoms with van der Waals surface area (Å²) in [5, 5.41) is 0. The summed E-state index contributed by atoms with van der Waals surface area (Å²) < 4.78 is 42.1. The van der Waals surface area contributed by atoms with Crippen LogP contribution in [0, 0.1) is 107 Å². The fraction of sp³-hybridized carbons (Fsp3) is 0.802. The number of carbonyl (C=O) groups is 12. The second-order valence-corrected chi connectivity index (χ2v) is 41.5. The van der Waals surface area contributed by atoms with Crippen molar-refractivity contribution in [2.24, 2.45) is 107 Å². The molecule has 9 rings (SSSR count). The molecule has 2 bridgehead atoms. The third kappa shape index (κ3) is 29.8. The van der Waals surface area contributed by atoms with Crippen molar-refractivity contribution in [1.29, 1.82) is 0 Å². The van der Waals surface area contributed by atoms with Crippen molar-refractivity contribution < 1.29 is 90.3 Å². The summed E-state index contributed by atoms with van der Waals surface area (Å²) in [7, 11) is 8.19. The maximum atomic E-state index is 13.7. The van der Waals surface area contributed by atoms with Gasteiger partial charge in [0.2, 0.25) is 29.5 Å². The number of fused-ring (bicyclic) bond motifs is 4. The molecule has 25 heteroatoms. The minimum Gasteiger partial charge on any atom is -0.469 e. The Labute approximate surface area is 758 Å². The maximum absolute atomic E-state index is 13.7. The summed E-state index contributed by atoms with van der Waals surface area (Å²) in [6, 6.07) is 10.2. The summed E-state index contributed by atoms with van der Waals surface area (Å²) in [6.45, 7) is 54.5. The van der Waals surface area contributed by atoms with E-state index < -0.39 is 18.1 Å². The zero-order valence-corrected chi connectivity index (χ0v) is 83.7. The van der Waals surface area contributed by atoms with Gasteiger partial charge < -0.3 is 57.8 Å². The molecule has 6 amide bonds. The molecule has 8 aliphatic rings. The number of methoxy groups -OCH3 is 6. The van der Waals surface area contributed by atoms with Gasteiger partial charge in [0.15, 0.2) is 0 Å². The molecule has 718 valence electrons. The molecule has 0 N–H and O–H groups in total. The van der Waals surface area contributed by atoms with Crippen LogP contribution in [-0.4, -0.2) is 212 Å². The Morgan fingerprint density at radius 2 is 0.841 bits per heavy atom. The Hall–Kier alpha value is -7.47. The molecule has 3 unspecified atom stereocenters.